The van der Waals surface area contributed by atoms with E-state index in [9.17, 15) is 14.7 Å². The molecular formula is C13H18N2O4. The monoisotopic (exact) mass is 266 g/mol. The molecule has 1 aliphatic heterocycles. The van der Waals surface area contributed by atoms with Gasteiger partial charge in [0.2, 0.25) is 5.91 Å². The standard InChI is InChI=1S/C13H18N2O4/c1-9-7-10(2)15(12(9)13(17)18)8-11(16)14-3-5-19-6-4-14/h7H,3-6,8H2,1-2H3,(H,17,18). The van der Waals surface area contributed by atoms with Gasteiger partial charge >= 0.3 is 5.97 Å². The predicted octanol–water partition coefficient (Wildman–Crippen LogP) is 0.662. The van der Waals surface area contributed by atoms with Crippen LogP contribution in [0.2, 0.25) is 0 Å². The first kappa shape index (κ1) is 13.6. The van der Waals surface area contributed by atoms with Crippen molar-refractivity contribution in [1.82, 2.24) is 9.47 Å². The highest BCUT2D eigenvalue weighted by Crippen LogP contribution is 2.15. The number of nitrogens with zero attached hydrogens (tertiary/aromatic N) is 2. The van der Waals surface area contributed by atoms with Gasteiger partial charge in [-0.2, -0.15) is 0 Å². The zero-order valence-corrected chi connectivity index (χ0v) is 11.2. The van der Waals surface area contributed by atoms with E-state index in [0.717, 1.165) is 5.69 Å². The van der Waals surface area contributed by atoms with E-state index in [1.54, 1.807) is 22.5 Å². The Labute approximate surface area is 111 Å². The number of hydrogen-bond donors (Lipinski definition) is 1. The maximum atomic E-state index is 12.2. The maximum absolute atomic E-state index is 12.2. The molecule has 104 valence electrons. The molecule has 0 aromatic carbocycles. The molecule has 1 aromatic heterocycles. The van der Waals surface area contributed by atoms with Gasteiger partial charge in [0.25, 0.3) is 0 Å². The minimum Gasteiger partial charge on any atom is -0.477 e. The molecule has 1 N–H and O–H groups in total. The SMILES string of the molecule is Cc1cc(C)n(CC(=O)N2CCOCC2)c1C(=O)O. The Morgan fingerprint density at radius 3 is 2.53 bits per heavy atom. The topological polar surface area (TPSA) is 71.8 Å². The Morgan fingerprint density at radius 1 is 1.32 bits per heavy atom. The van der Waals surface area contributed by atoms with E-state index < -0.39 is 5.97 Å². The number of aromatic carboxylic acids is 1. The van der Waals surface area contributed by atoms with E-state index in [2.05, 4.69) is 0 Å². The number of aryl methyl sites for hydroxylation is 2. The van der Waals surface area contributed by atoms with Crippen LogP contribution in [0.1, 0.15) is 21.7 Å². The molecule has 0 saturated carbocycles. The van der Waals surface area contributed by atoms with Crippen LogP contribution in [0, 0.1) is 13.8 Å². The molecule has 1 saturated heterocycles. The quantitative estimate of drug-likeness (QED) is 0.872. The molecule has 2 rings (SSSR count). The van der Waals surface area contributed by atoms with Gasteiger partial charge in [-0.1, -0.05) is 0 Å². The average molecular weight is 266 g/mol. The summed E-state index contributed by atoms with van der Waals surface area (Å²) >= 11 is 0. The van der Waals surface area contributed by atoms with Crippen LogP contribution in [-0.4, -0.2) is 52.8 Å². The molecule has 6 heteroatoms. The highest BCUT2D eigenvalue weighted by molar-refractivity contribution is 5.89. The highest BCUT2D eigenvalue weighted by Gasteiger charge is 2.22. The number of ether oxygens (including phenoxy) is 1. The summed E-state index contributed by atoms with van der Waals surface area (Å²) in [6, 6.07) is 1.79. The number of aromatic nitrogens is 1. The number of carbonyl (C=O) groups is 2. The van der Waals surface area contributed by atoms with Crippen molar-refractivity contribution < 1.29 is 19.4 Å². The van der Waals surface area contributed by atoms with Crippen molar-refractivity contribution in [3.8, 4) is 0 Å². The van der Waals surface area contributed by atoms with Gasteiger partial charge in [-0.05, 0) is 25.5 Å². The van der Waals surface area contributed by atoms with Crippen molar-refractivity contribution >= 4 is 11.9 Å². The van der Waals surface area contributed by atoms with Gasteiger partial charge in [-0.3, -0.25) is 4.79 Å². The first-order chi connectivity index (χ1) is 9.00. The lowest BCUT2D eigenvalue weighted by molar-refractivity contribution is -0.135. The van der Waals surface area contributed by atoms with Crippen molar-refractivity contribution in [2.24, 2.45) is 0 Å². The summed E-state index contributed by atoms with van der Waals surface area (Å²) in [7, 11) is 0. The summed E-state index contributed by atoms with van der Waals surface area (Å²) in [5.41, 5.74) is 1.66. The van der Waals surface area contributed by atoms with Crippen LogP contribution in [0.15, 0.2) is 6.07 Å². The Balaban J connectivity index is 2.18. The predicted molar refractivity (Wildman–Crippen MR) is 68.3 cm³/mol. The fourth-order valence-corrected chi connectivity index (χ4v) is 2.38. The van der Waals surface area contributed by atoms with E-state index >= 15 is 0 Å². The fraction of sp³-hybridized carbons (Fsp3) is 0.538. The van der Waals surface area contributed by atoms with Gasteiger partial charge in [0.1, 0.15) is 12.2 Å². The lowest BCUT2D eigenvalue weighted by Gasteiger charge is -2.27. The van der Waals surface area contributed by atoms with E-state index in [1.165, 1.54) is 0 Å². The van der Waals surface area contributed by atoms with Crippen LogP contribution in [0.25, 0.3) is 0 Å². The number of carboxylic acids is 1. The van der Waals surface area contributed by atoms with Crippen molar-refractivity contribution in [2.45, 2.75) is 20.4 Å². The highest BCUT2D eigenvalue weighted by atomic mass is 16.5. The fourth-order valence-electron chi connectivity index (χ4n) is 2.38. The molecule has 2 heterocycles. The molecule has 1 amide bonds. The summed E-state index contributed by atoms with van der Waals surface area (Å²) in [5, 5.41) is 9.22. The molecule has 0 bridgehead atoms. The number of carboxylic acid groups (broad SMARTS) is 1. The summed E-state index contributed by atoms with van der Waals surface area (Å²) in [4.78, 5) is 25.1. The third-order valence-corrected chi connectivity index (χ3v) is 3.35. The smallest absolute Gasteiger partial charge is 0.352 e. The third-order valence-electron chi connectivity index (χ3n) is 3.35. The minimum absolute atomic E-state index is 0.0653. The van der Waals surface area contributed by atoms with Crippen LogP contribution in [0.5, 0.6) is 0 Å². The van der Waals surface area contributed by atoms with Crippen LogP contribution in [0.3, 0.4) is 0 Å². The van der Waals surface area contributed by atoms with Gasteiger partial charge in [0.15, 0.2) is 0 Å². The molecular weight excluding hydrogens is 248 g/mol. The summed E-state index contributed by atoms with van der Waals surface area (Å²) in [6.07, 6.45) is 0. The Hall–Kier alpha value is -1.82. The lowest BCUT2D eigenvalue weighted by atomic mass is 10.2. The molecule has 0 spiro atoms. The van der Waals surface area contributed by atoms with Gasteiger partial charge in [0, 0.05) is 18.8 Å². The van der Waals surface area contributed by atoms with Gasteiger partial charge in [-0.25, -0.2) is 4.79 Å². The zero-order chi connectivity index (χ0) is 14.0. The second-order valence-corrected chi connectivity index (χ2v) is 4.70. The summed E-state index contributed by atoms with van der Waals surface area (Å²) in [6.45, 7) is 5.85. The summed E-state index contributed by atoms with van der Waals surface area (Å²) < 4.78 is 6.76. The van der Waals surface area contributed by atoms with E-state index in [4.69, 9.17) is 4.74 Å². The van der Waals surface area contributed by atoms with Crippen LogP contribution in [-0.2, 0) is 16.1 Å². The number of amides is 1. The second kappa shape index (κ2) is 5.44. The Kier molecular flexibility index (Phi) is 3.90. The normalized spacial score (nSPS) is 15.6. The molecule has 1 aromatic rings. The molecule has 19 heavy (non-hydrogen) atoms. The average Bonchev–Trinajstić information content (AvgIpc) is 2.65. The Bertz CT molecular complexity index is 501. The van der Waals surface area contributed by atoms with Gasteiger partial charge < -0.3 is 19.3 Å². The number of hydrogen-bond acceptors (Lipinski definition) is 3. The van der Waals surface area contributed by atoms with E-state index in [0.29, 0.717) is 31.9 Å². The Morgan fingerprint density at radius 2 is 1.95 bits per heavy atom. The largest absolute Gasteiger partial charge is 0.477 e. The molecule has 1 fully saturated rings. The van der Waals surface area contributed by atoms with E-state index in [1.807, 2.05) is 6.92 Å². The molecule has 6 nitrogen and oxygen atoms in total. The minimum atomic E-state index is -1.000. The maximum Gasteiger partial charge on any atom is 0.352 e. The lowest BCUT2D eigenvalue weighted by Crippen LogP contribution is -2.42. The molecule has 0 unspecified atom stereocenters. The van der Waals surface area contributed by atoms with Crippen molar-refractivity contribution in [2.75, 3.05) is 26.3 Å². The first-order valence-electron chi connectivity index (χ1n) is 6.26. The molecule has 0 aliphatic carbocycles. The first-order valence-corrected chi connectivity index (χ1v) is 6.26. The number of carbonyl (C=O) groups excluding carboxylic acids is 1. The van der Waals surface area contributed by atoms with Gasteiger partial charge in [0.05, 0.1) is 13.2 Å². The van der Waals surface area contributed by atoms with Gasteiger partial charge in [-0.15, -0.1) is 0 Å². The van der Waals surface area contributed by atoms with Crippen molar-refractivity contribution in [1.29, 1.82) is 0 Å². The molecule has 1 aliphatic rings. The second-order valence-electron chi connectivity index (χ2n) is 4.70. The third kappa shape index (κ3) is 2.78. The summed E-state index contributed by atoms with van der Waals surface area (Å²) in [5.74, 6) is -1.06. The van der Waals surface area contributed by atoms with Crippen molar-refractivity contribution in [3.63, 3.8) is 0 Å². The number of rotatable bonds is 3. The van der Waals surface area contributed by atoms with E-state index in [-0.39, 0.29) is 18.1 Å². The number of morpholine rings is 1. The van der Waals surface area contributed by atoms with Crippen LogP contribution in [0.4, 0.5) is 0 Å². The van der Waals surface area contributed by atoms with Crippen LogP contribution < -0.4 is 0 Å². The zero-order valence-electron chi connectivity index (χ0n) is 11.2. The molecule has 0 radical (unpaired) electrons. The van der Waals surface area contributed by atoms with Crippen LogP contribution >= 0.6 is 0 Å². The van der Waals surface area contributed by atoms with Crippen molar-refractivity contribution in [3.05, 3.63) is 23.0 Å². The molecule has 0 atom stereocenters.